The second-order valence-electron chi connectivity index (χ2n) is 3.85. The molecule has 5 heteroatoms. The number of para-hydroxylation sites is 1. The van der Waals surface area contributed by atoms with Crippen LogP contribution in [-0.2, 0) is 4.74 Å². The van der Waals surface area contributed by atoms with Crippen molar-refractivity contribution >= 4 is 6.03 Å². The van der Waals surface area contributed by atoms with Crippen molar-refractivity contribution in [1.29, 1.82) is 0 Å². The topological polar surface area (TPSA) is 59.6 Å². The number of benzene rings is 1. The third-order valence-electron chi connectivity index (χ3n) is 2.63. The molecular formula is C14H20N2O3. The van der Waals surface area contributed by atoms with Gasteiger partial charge in [-0.2, -0.15) is 0 Å². The minimum Gasteiger partial charge on any atom is -0.496 e. The summed E-state index contributed by atoms with van der Waals surface area (Å²) in [6, 6.07) is 7.31. The lowest BCUT2D eigenvalue weighted by atomic mass is 10.1. The summed E-state index contributed by atoms with van der Waals surface area (Å²) in [6.45, 7) is 4.32. The molecule has 0 aromatic heterocycles. The average molecular weight is 264 g/mol. The fraction of sp³-hybridized carbons (Fsp3) is 0.357. The van der Waals surface area contributed by atoms with Crippen LogP contribution < -0.4 is 15.4 Å². The summed E-state index contributed by atoms with van der Waals surface area (Å²) in [6.07, 6.45) is 1.36. The van der Waals surface area contributed by atoms with Gasteiger partial charge in [-0.15, -0.1) is 6.58 Å². The molecule has 0 heterocycles. The Morgan fingerprint density at radius 2 is 2.11 bits per heavy atom. The molecule has 0 aliphatic heterocycles. The van der Waals surface area contributed by atoms with E-state index in [1.807, 2.05) is 24.3 Å². The van der Waals surface area contributed by atoms with E-state index in [0.717, 1.165) is 11.3 Å². The number of hydrogen-bond donors (Lipinski definition) is 2. The number of amides is 2. The van der Waals surface area contributed by atoms with Crippen LogP contribution in [0.5, 0.6) is 5.75 Å². The minimum absolute atomic E-state index is 0.253. The summed E-state index contributed by atoms with van der Waals surface area (Å²) in [5, 5.41) is 5.38. The molecule has 19 heavy (non-hydrogen) atoms. The molecule has 1 atom stereocenters. The van der Waals surface area contributed by atoms with Gasteiger partial charge in [0.2, 0.25) is 0 Å². The number of nitrogens with one attached hydrogen (secondary N) is 2. The van der Waals surface area contributed by atoms with Crippen molar-refractivity contribution in [3.63, 3.8) is 0 Å². The third-order valence-corrected chi connectivity index (χ3v) is 2.63. The molecule has 0 aliphatic carbocycles. The van der Waals surface area contributed by atoms with E-state index < -0.39 is 0 Å². The lowest BCUT2D eigenvalue weighted by Gasteiger charge is -2.19. The van der Waals surface area contributed by atoms with Gasteiger partial charge in [-0.3, -0.25) is 0 Å². The van der Waals surface area contributed by atoms with E-state index in [4.69, 9.17) is 9.47 Å². The smallest absolute Gasteiger partial charge is 0.315 e. The van der Waals surface area contributed by atoms with Crippen molar-refractivity contribution in [3.05, 3.63) is 42.5 Å². The predicted molar refractivity (Wildman–Crippen MR) is 74.3 cm³/mol. The minimum atomic E-state index is -0.259. The first-order chi connectivity index (χ1) is 9.22. The van der Waals surface area contributed by atoms with Crippen LogP contribution in [0.4, 0.5) is 4.79 Å². The van der Waals surface area contributed by atoms with Crippen molar-refractivity contribution in [2.75, 3.05) is 27.3 Å². The van der Waals surface area contributed by atoms with Gasteiger partial charge in [0, 0.05) is 25.8 Å². The van der Waals surface area contributed by atoms with E-state index in [1.165, 1.54) is 0 Å². The summed E-state index contributed by atoms with van der Waals surface area (Å²) in [5.41, 5.74) is 0.900. The molecule has 104 valence electrons. The Labute approximate surface area is 113 Å². The Kier molecular flexibility index (Phi) is 6.46. The van der Waals surface area contributed by atoms with Crippen LogP contribution in [0, 0.1) is 0 Å². The lowest BCUT2D eigenvalue weighted by Crippen LogP contribution is -2.38. The number of rotatable bonds is 7. The standard InChI is InChI=1S/C14H20N2O3/c1-4-9-15-14(17)16-10-13(19-3)11-7-5-6-8-12(11)18-2/h4-8,13H,1,9-10H2,2-3H3,(H2,15,16,17). The Hall–Kier alpha value is -2.01. The molecule has 0 spiro atoms. The molecule has 1 rings (SSSR count). The van der Waals surface area contributed by atoms with Gasteiger partial charge in [-0.05, 0) is 6.07 Å². The van der Waals surface area contributed by atoms with E-state index >= 15 is 0 Å². The third kappa shape index (κ3) is 4.63. The molecule has 0 aliphatic rings. The van der Waals surface area contributed by atoms with E-state index in [-0.39, 0.29) is 12.1 Å². The van der Waals surface area contributed by atoms with Crippen LogP contribution in [0.3, 0.4) is 0 Å². The summed E-state index contributed by atoms with van der Waals surface area (Å²) < 4.78 is 10.7. The fourth-order valence-corrected chi connectivity index (χ4v) is 1.67. The molecule has 1 aromatic rings. The first-order valence-electron chi connectivity index (χ1n) is 6.01. The van der Waals surface area contributed by atoms with Gasteiger partial charge in [-0.1, -0.05) is 24.3 Å². The first kappa shape index (κ1) is 15.0. The molecule has 0 saturated carbocycles. The zero-order valence-electron chi connectivity index (χ0n) is 11.3. The molecular weight excluding hydrogens is 244 g/mol. The van der Waals surface area contributed by atoms with E-state index in [1.54, 1.807) is 20.3 Å². The maximum Gasteiger partial charge on any atom is 0.315 e. The van der Waals surface area contributed by atoms with Crippen molar-refractivity contribution in [2.24, 2.45) is 0 Å². The first-order valence-corrected chi connectivity index (χ1v) is 6.01. The van der Waals surface area contributed by atoms with Gasteiger partial charge in [0.15, 0.2) is 0 Å². The zero-order valence-corrected chi connectivity index (χ0v) is 11.3. The number of carbonyl (C=O) groups is 1. The Morgan fingerprint density at radius 1 is 1.37 bits per heavy atom. The number of ether oxygens (including phenoxy) is 2. The van der Waals surface area contributed by atoms with E-state index in [2.05, 4.69) is 17.2 Å². The molecule has 1 aromatic carbocycles. The number of carbonyl (C=O) groups excluding carboxylic acids is 1. The summed E-state index contributed by atoms with van der Waals surface area (Å²) >= 11 is 0. The Morgan fingerprint density at radius 3 is 2.74 bits per heavy atom. The normalized spacial score (nSPS) is 11.5. The summed E-state index contributed by atoms with van der Waals surface area (Å²) in [7, 11) is 3.20. The SMILES string of the molecule is C=CCNC(=O)NCC(OC)c1ccccc1OC. The highest BCUT2D eigenvalue weighted by molar-refractivity contribution is 5.74. The molecule has 0 radical (unpaired) electrons. The molecule has 0 bridgehead atoms. The second-order valence-corrected chi connectivity index (χ2v) is 3.85. The molecule has 1 unspecified atom stereocenters. The molecule has 0 fully saturated rings. The van der Waals surface area contributed by atoms with Gasteiger partial charge in [-0.25, -0.2) is 4.79 Å². The summed E-state index contributed by atoms with van der Waals surface area (Å²) in [4.78, 5) is 11.5. The van der Waals surface area contributed by atoms with E-state index in [0.29, 0.717) is 13.1 Å². The molecule has 2 N–H and O–H groups in total. The van der Waals surface area contributed by atoms with Crippen molar-refractivity contribution in [2.45, 2.75) is 6.10 Å². The molecule has 5 nitrogen and oxygen atoms in total. The van der Waals surface area contributed by atoms with Crippen LogP contribution in [0.2, 0.25) is 0 Å². The highest BCUT2D eigenvalue weighted by Gasteiger charge is 2.15. The lowest BCUT2D eigenvalue weighted by molar-refractivity contribution is 0.101. The van der Waals surface area contributed by atoms with Crippen LogP contribution in [0.1, 0.15) is 11.7 Å². The highest BCUT2D eigenvalue weighted by Crippen LogP contribution is 2.26. The number of urea groups is 1. The van der Waals surface area contributed by atoms with Gasteiger partial charge in [0.25, 0.3) is 0 Å². The van der Waals surface area contributed by atoms with Gasteiger partial charge >= 0.3 is 6.03 Å². The monoisotopic (exact) mass is 264 g/mol. The zero-order chi connectivity index (χ0) is 14.1. The van der Waals surface area contributed by atoms with Gasteiger partial charge < -0.3 is 20.1 Å². The quantitative estimate of drug-likeness (QED) is 0.739. The Bertz CT molecular complexity index is 421. The van der Waals surface area contributed by atoms with Crippen molar-refractivity contribution < 1.29 is 14.3 Å². The average Bonchev–Trinajstić information content (AvgIpc) is 2.46. The maximum atomic E-state index is 11.5. The number of methoxy groups -OCH3 is 2. The van der Waals surface area contributed by atoms with E-state index in [9.17, 15) is 4.79 Å². The second kappa shape index (κ2) is 8.16. The fourth-order valence-electron chi connectivity index (χ4n) is 1.67. The molecule has 2 amide bonds. The van der Waals surface area contributed by atoms with Crippen LogP contribution in [0.15, 0.2) is 36.9 Å². The van der Waals surface area contributed by atoms with Gasteiger partial charge in [0.05, 0.1) is 7.11 Å². The van der Waals surface area contributed by atoms with Crippen molar-refractivity contribution in [3.8, 4) is 5.75 Å². The van der Waals surface area contributed by atoms with Crippen LogP contribution >= 0.6 is 0 Å². The molecule has 0 saturated heterocycles. The largest absolute Gasteiger partial charge is 0.496 e. The van der Waals surface area contributed by atoms with Crippen LogP contribution in [0.25, 0.3) is 0 Å². The number of hydrogen-bond acceptors (Lipinski definition) is 3. The maximum absolute atomic E-state index is 11.5. The predicted octanol–water partition coefficient (Wildman–Crippen LogP) is 1.87. The summed E-state index contributed by atoms with van der Waals surface area (Å²) in [5.74, 6) is 0.739. The van der Waals surface area contributed by atoms with Crippen molar-refractivity contribution in [1.82, 2.24) is 10.6 Å². The Balaban J connectivity index is 2.62. The van der Waals surface area contributed by atoms with Gasteiger partial charge in [0.1, 0.15) is 11.9 Å². The highest BCUT2D eigenvalue weighted by atomic mass is 16.5. The van der Waals surface area contributed by atoms with Crippen LogP contribution in [-0.4, -0.2) is 33.3 Å².